The van der Waals surface area contributed by atoms with Crippen molar-refractivity contribution in [3.63, 3.8) is 0 Å². The third-order valence-electron chi connectivity index (χ3n) is 4.29. The highest BCUT2D eigenvalue weighted by Gasteiger charge is 1.98. The Kier molecular flexibility index (Phi) is 62.1. The van der Waals surface area contributed by atoms with Crippen LogP contribution in [-0.2, 0) is 4.79 Å². The molecule has 0 amide bonds. The average molecular weight is 403 g/mol. The molecule has 0 spiro atoms. The van der Waals surface area contributed by atoms with E-state index in [1.807, 2.05) is 20.8 Å². The average Bonchev–Trinajstić information content (AvgIpc) is 2.73. The molecule has 0 unspecified atom stereocenters. The van der Waals surface area contributed by atoms with Crippen molar-refractivity contribution in [1.29, 1.82) is 0 Å². The van der Waals surface area contributed by atoms with Crippen LogP contribution in [0.5, 0.6) is 0 Å². The van der Waals surface area contributed by atoms with E-state index in [0.717, 1.165) is 18.1 Å². The minimum atomic E-state index is 0.639. The molecule has 0 saturated carbocycles. The molecular weight excluding hydrogens is 340 g/mol. The minimum Gasteiger partial charge on any atom is -0.303 e. The van der Waals surface area contributed by atoms with Crippen LogP contribution in [0.2, 0.25) is 0 Å². The summed E-state index contributed by atoms with van der Waals surface area (Å²) < 4.78 is 0. The summed E-state index contributed by atoms with van der Waals surface area (Å²) in [6, 6.07) is 0. The molecule has 0 bridgehead atoms. The first-order chi connectivity index (χ1) is 13.4. The van der Waals surface area contributed by atoms with Crippen LogP contribution in [0.4, 0.5) is 0 Å². The zero-order valence-electron chi connectivity index (χ0n) is 22.3. The summed E-state index contributed by atoms with van der Waals surface area (Å²) in [6.45, 7) is 23.9. The van der Waals surface area contributed by atoms with Crippen molar-refractivity contribution < 1.29 is 4.79 Å². The summed E-state index contributed by atoms with van der Waals surface area (Å²) in [4.78, 5) is 9.17. The van der Waals surface area contributed by atoms with E-state index >= 15 is 0 Å². The second-order valence-electron chi connectivity index (χ2n) is 7.83. The van der Waals surface area contributed by atoms with E-state index in [1.54, 1.807) is 0 Å². The highest BCUT2D eigenvalue weighted by molar-refractivity contribution is 5.48. The number of aldehydes is 1. The standard InChI is InChI=1S/C10H22.C7H16.C5H12.C3H6O.C2H6/c1-4-6-8-10(3)9-7-5-2;1-3-5-7-6-4-2;1-4-5(2)3;1-2-3-4;1-2/h10H,4-9H2,1-3H3;3-7H2,1-2H3;5H,4H2,1-3H3;3H,2H2,1H3;1-2H3. The van der Waals surface area contributed by atoms with Gasteiger partial charge in [-0.1, -0.05) is 153 Å². The summed E-state index contributed by atoms with van der Waals surface area (Å²) in [5.41, 5.74) is 0. The van der Waals surface area contributed by atoms with E-state index in [0.29, 0.717) is 6.42 Å². The smallest absolute Gasteiger partial charge is 0.119 e. The van der Waals surface area contributed by atoms with E-state index in [4.69, 9.17) is 0 Å². The second-order valence-corrected chi connectivity index (χ2v) is 7.83. The predicted molar refractivity (Wildman–Crippen MR) is 135 cm³/mol. The zero-order chi connectivity index (χ0) is 23.1. The summed E-state index contributed by atoms with van der Waals surface area (Å²) in [7, 11) is 0. The van der Waals surface area contributed by atoms with Gasteiger partial charge in [-0.25, -0.2) is 0 Å². The first-order valence-electron chi connectivity index (χ1n) is 12.8. The molecule has 0 aromatic heterocycles. The molecule has 0 aliphatic carbocycles. The maximum atomic E-state index is 9.17. The lowest BCUT2D eigenvalue weighted by Gasteiger charge is -2.08. The Morgan fingerprint density at radius 2 is 0.893 bits per heavy atom. The largest absolute Gasteiger partial charge is 0.303 e. The molecule has 0 radical (unpaired) electrons. The fourth-order valence-corrected chi connectivity index (χ4v) is 1.93. The summed E-state index contributed by atoms with van der Waals surface area (Å²) in [5, 5.41) is 0. The first kappa shape index (κ1) is 38.3. The third kappa shape index (κ3) is 72.6. The number of carbonyl (C=O) groups is 1. The van der Waals surface area contributed by atoms with Crippen molar-refractivity contribution in [2.24, 2.45) is 11.8 Å². The monoisotopic (exact) mass is 402 g/mol. The molecule has 0 aliphatic rings. The zero-order valence-corrected chi connectivity index (χ0v) is 22.3. The van der Waals surface area contributed by atoms with Crippen molar-refractivity contribution >= 4 is 6.29 Å². The van der Waals surface area contributed by atoms with Crippen LogP contribution in [0.3, 0.4) is 0 Å². The number of hydrogen-bond donors (Lipinski definition) is 0. The van der Waals surface area contributed by atoms with Gasteiger partial charge in [-0.15, -0.1) is 0 Å². The molecule has 176 valence electrons. The van der Waals surface area contributed by atoms with Gasteiger partial charge >= 0.3 is 0 Å². The molecule has 0 aromatic carbocycles. The van der Waals surface area contributed by atoms with E-state index in [2.05, 4.69) is 55.4 Å². The van der Waals surface area contributed by atoms with Crippen molar-refractivity contribution in [1.82, 2.24) is 0 Å². The maximum Gasteiger partial charge on any atom is 0.119 e. The van der Waals surface area contributed by atoms with Gasteiger partial charge in [0.1, 0.15) is 6.29 Å². The lowest BCUT2D eigenvalue weighted by atomic mass is 9.98. The van der Waals surface area contributed by atoms with Crippen LogP contribution >= 0.6 is 0 Å². The Bertz CT molecular complexity index is 186. The number of rotatable bonds is 12. The molecule has 0 rings (SSSR count). The van der Waals surface area contributed by atoms with Gasteiger partial charge in [0, 0.05) is 6.42 Å². The fraction of sp³-hybridized carbons (Fsp3) is 0.963. The van der Waals surface area contributed by atoms with Gasteiger partial charge in [-0.05, 0) is 11.8 Å². The third-order valence-corrected chi connectivity index (χ3v) is 4.29. The fourth-order valence-electron chi connectivity index (χ4n) is 1.93. The molecule has 0 saturated heterocycles. The van der Waals surface area contributed by atoms with Crippen molar-refractivity contribution in [3.8, 4) is 0 Å². The Balaban J connectivity index is -0.0000000861. The lowest BCUT2D eigenvalue weighted by Crippen LogP contribution is -1.93. The lowest BCUT2D eigenvalue weighted by molar-refractivity contribution is -0.107. The SMILES string of the molecule is CC.CCC(C)C.CCC=O.CCCCC(C)CCCC.CCCCCCC. The predicted octanol–water partition coefficient (Wildman–Crippen LogP) is 10.7. The molecular formula is C27H62O. The Labute approximate surface area is 182 Å². The molecule has 0 atom stereocenters. The van der Waals surface area contributed by atoms with Crippen LogP contribution in [-0.4, -0.2) is 6.29 Å². The summed E-state index contributed by atoms with van der Waals surface area (Å²) in [6.07, 6.45) is 18.3. The van der Waals surface area contributed by atoms with E-state index < -0.39 is 0 Å². The topological polar surface area (TPSA) is 17.1 Å². The highest BCUT2D eigenvalue weighted by atomic mass is 16.1. The first-order valence-corrected chi connectivity index (χ1v) is 12.8. The molecule has 0 heterocycles. The number of carbonyl (C=O) groups excluding carboxylic acids is 1. The Morgan fingerprint density at radius 3 is 1.07 bits per heavy atom. The Hall–Kier alpha value is -0.330. The number of hydrogen-bond acceptors (Lipinski definition) is 1. The minimum absolute atomic E-state index is 0.639. The molecule has 0 aromatic rings. The molecule has 0 N–H and O–H groups in total. The summed E-state index contributed by atoms with van der Waals surface area (Å²) >= 11 is 0. The van der Waals surface area contributed by atoms with Crippen LogP contribution in [0.15, 0.2) is 0 Å². The maximum absolute atomic E-state index is 9.17. The highest BCUT2D eigenvalue weighted by Crippen LogP contribution is 2.14. The summed E-state index contributed by atoms with van der Waals surface area (Å²) in [5.74, 6) is 1.86. The van der Waals surface area contributed by atoms with Crippen molar-refractivity contribution in [3.05, 3.63) is 0 Å². The van der Waals surface area contributed by atoms with E-state index in [1.165, 1.54) is 77.0 Å². The molecule has 28 heavy (non-hydrogen) atoms. The van der Waals surface area contributed by atoms with Crippen LogP contribution in [0, 0.1) is 11.8 Å². The van der Waals surface area contributed by atoms with Gasteiger partial charge < -0.3 is 4.79 Å². The molecule has 1 nitrogen and oxygen atoms in total. The molecule has 0 fully saturated rings. The van der Waals surface area contributed by atoms with Crippen LogP contribution in [0.25, 0.3) is 0 Å². The molecule has 1 heteroatoms. The van der Waals surface area contributed by atoms with Gasteiger partial charge in [0.15, 0.2) is 0 Å². The van der Waals surface area contributed by atoms with Gasteiger partial charge in [-0.2, -0.15) is 0 Å². The normalized spacial score (nSPS) is 9.04. The van der Waals surface area contributed by atoms with Crippen molar-refractivity contribution in [2.45, 2.75) is 160 Å². The van der Waals surface area contributed by atoms with Gasteiger partial charge in [-0.3, -0.25) is 0 Å². The van der Waals surface area contributed by atoms with Gasteiger partial charge in [0.05, 0.1) is 0 Å². The number of unbranched alkanes of at least 4 members (excludes halogenated alkanes) is 6. The quantitative estimate of drug-likeness (QED) is 0.234. The Morgan fingerprint density at radius 1 is 0.607 bits per heavy atom. The van der Waals surface area contributed by atoms with Gasteiger partial charge in [0.2, 0.25) is 0 Å². The second kappa shape index (κ2) is 45.4. The van der Waals surface area contributed by atoms with Crippen molar-refractivity contribution in [2.75, 3.05) is 0 Å². The molecule has 0 aliphatic heterocycles. The van der Waals surface area contributed by atoms with Crippen LogP contribution < -0.4 is 0 Å². The van der Waals surface area contributed by atoms with E-state index in [-0.39, 0.29) is 0 Å². The van der Waals surface area contributed by atoms with Gasteiger partial charge in [0.25, 0.3) is 0 Å². The van der Waals surface area contributed by atoms with E-state index in [9.17, 15) is 4.79 Å². The van der Waals surface area contributed by atoms with Crippen LogP contribution in [0.1, 0.15) is 160 Å².